The van der Waals surface area contributed by atoms with Crippen LogP contribution in [0.1, 0.15) is 23.4 Å². The second kappa shape index (κ2) is 7.90. The second-order valence-corrected chi connectivity index (χ2v) is 7.18. The summed E-state index contributed by atoms with van der Waals surface area (Å²) >= 11 is 0. The van der Waals surface area contributed by atoms with E-state index in [-0.39, 0.29) is 23.2 Å². The number of fused-ring (bicyclic) bond motifs is 1. The number of hydrogen-bond acceptors (Lipinski definition) is 7. The molecular formula is C21H22N4O4. The molecule has 2 aromatic heterocycles. The van der Waals surface area contributed by atoms with E-state index in [0.717, 1.165) is 12.8 Å². The zero-order valence-corrected chi connectivity index (χ0v) is 16.4. The largest absolute Gasteiger partial charge is 0.470 e. The van der Waals surface area contributed by atoms with E-state index in [1.165, 1.54) is 6.07 Å². The molecule has 8 nitrogen and oxygen atoms in total. The van der Waals surface area contributed by atoms with Gasteiger partial charge >= 0.3 is 0 Å². The van der Waals surface area contributed by atoms with Crippen LogP contribution >= 0.6 is 0 Å². The van der Waals surface area contributed by atoms with Crippen molar-refractivity contribution in [2.75, 3.05) is 32.1 Å². The van der Waals surface area contributed by atoms with Crippen LogP contribution in [-0.4, -0.2) is 54.1 Å². The summed E-state index contributed by atoms with van der Waals surface area (Å²) in [7, 11) is 3.74. The normalized spacial score (nSPS) is 16.6. The van der Waals surface area contributed by atoms with Crippen LogP contribution < -0.4 is 15.1 Å². The zero-order chi connectivity index (χ0) is 20.4. The summed E-state index contributed by atoms with van der Waals surface area (Å²) in [6.07, 6.45) is 4.56. The Bertz CT molecular complexity index is 1100. The Morgan fingerprint density at radius 2 is 2.03 bits per heavy atom. The number of para-hydroxylation sites is 1. The van der Waals surface area contributed by atoms with E-state index in [2.05, 4.69) is 9.97 Å². The van der Waals surface area contributed by atoms with Gasteiger partial charge in [-0.25, -0.2) is 9.97 Å². The molecule has 1 amide bonds. The number of aromatic nitrogens is 2. The second-order valence-electron chi connectivity index (χ2n) is 7.18. The molecule has 0 aliphatic carbocycles. The molecular weight excluding hydrogens is 372 g/mol. The lowest BCUT2D eigenvalue weighted by Gasteiger charge is -2.32. The van der Waals surface area contributed by atoms with Crippen molar-refractivity contribution in [3.8, 4) is 5.88 Å². The smallest absolute Gasteiger partial charge is 0.289 e. The van der Waals surface area contributed by atoms with Crippen molar-refractivity contribution in [3.05, 3.63) is 58.7 Å². The summed E-state index contributed by atoms with van der Waals surface area (Å²) in [6, 6.07) is 8.17. The van der Waals surface area contributed by atoms with Gasteiger partial charge in [-0.3, -0.25) is 9.59 Å². The van der Waals surface area contributed by atoms with Crippen LogP contribution in [0.25, 0.3) is 11.0 Å². The number of nitrogens with zero attached hydrogens (tertiary/aromatic N) is 4. The fourth-order valence-corrected chi connectivity index (χ4v) is 3.45. The number of piperidine rings is 1. The molecule has 0 bridgehead atoms. The molecule has 1 atom stereocenters. The Hall–Kier alpha value is -3.42. The van der Waals surface area contributed by atoms with Crippen molar-refractivity contribution in [1.29, 1.82) is 0 Å². The first-order valence-electron chi connectivity index (χ1n) is 9.50. The van der Waals surface area contributed by atoms with Crippen molar-refractivity contribution in [2.45, 2.75) is 18.9 Å². The van der Waals surface area contributed by atoms with Crippen LogP contribution in [-0.2, 0) is 0 Å². The van der Waals surface area contributed by atoms with Crippen molar-refractivity contribution in [2.24, 2.45) is 0 Å². The molecule has 1 aromatic carbocycles. The van der Waals surface area contributed by atoms with Crippen LogP contribution in [0.15, 0.2) is 51.9 Å². The fraction of sp³-hybridized carbons (Fsp3) is 0.333. The summed E-state index contributed by atoms with van der Waals surface area (Å²) in [5.41, 5.74) is 0.179. The quantitative estimate of drug-likeness (QED) is 0.671. The lowest BCUT2D eigenvalue weighted by Crippen LogP contribution is -2.44. The summed E-state index contributed by atoms with van der Waals surface area (Å²) in [4.78, 5) is 37.3. The lowest BCUT2D eigenvalue weighted by atomic mass is 10.1. The number of hydrogen-bond donors (Lipinski definition) is 0. The van der Waals surface area contributed by atoms with E-state index in [4.69, 9.17) is 9.15 Å². The minimum Gasteiger partial charge on any atom is -0.470 e. The van der Waals surface area contributed by atoms with E-state index in [1.54, 1.807) is 41.6 Å². The number of carbonyl (C=O) groups excluding carboxylic acids is 1. The molecule has 1 saturated heterocycles. The van der Waals surface area contributed by atoms with Gasteiger partial charge in [0, 0.05) is 39.1 Å². The Labute approximate surface area is 167 Å². The first-order chi connectivity index (χ1) is 14.0. The topological polar surface area (TPSA) is 88.8 Å². The maximum absolute atomic E-state index is 13.0. The molecule has 4 rings (SSSR count). The molecule has 1 aliphatic heterocycles. The third kappa shape index (κ3) is 3.91. The standard InChI is InChI=1S/C21H22N4O4/c1-24(2)19-20(23-10-9-22-19)28-14-6-5-11-25(13-14)21(27)18-12-16(26)15-7-3-4-8-17(15)29-18/h3-4,7-10,12,14H,5-6,11,13H2,1-2H3/t14-/m1/s1. The van der Waals surface area contributed by atoms with Gasteiger partial charge in [0.2, 0.25) is 0 Å². The number of rotatable bonds is 4. The summed E-state index contributed by atoms with van der Waals surface area (Å²) in [6.45, 7) is 0.967. The van der Waals surface area contributed by atoms with Gasteiger partial charge in [-0.1, -0.05) is 12.1 Å². The van der Waals surface area contributed by atoms with Crippen LogP contribution in [0.4, 0.5) is 5.82 Å². The third-order valence-electron chi connectivity index (χ3n) is 4.86. The molecule has 3 aromatic rings. The molecule has 8 heteroatoms. The number of amides is 1. The number of carbonyl (C=O) groups is 1. The van der Waals surface area contributed by atoms with Gasteiger partial charge in [0.15, 0.2) is 17.0 Å². The predicted molar refractivity (Wildman–Crippen MR) is 108 cm³/mol. The molecule has 0 N–H and O–H groups in total. The Morgan fingerprint density at radius 3 is 2.86 bits per heavy atom. The highest BCUT2D eigenvalue weighted by Crippen LogP contribution is 2.25. The van der Waals surface area contributed by atoms with Crippen LogP contribution in [0.3, 0.4) is 0 Å². The van der Waals surface area contributed by atoms with E-state index in [9.17, 15) is 9.59 Å². The summed E-state index contributed by atoms with van der Waals surface area (Å²) in [5, 5.41) is 0.461. The number of ether oxygens (including phenoxy) is 1. The first-order valence-corrected chi connectivity index (χ1v) is 9.50. The first kappa shape index (κ1) is 18.9. The monoisotopic (exact) mass is 394 g/mol. The van der Waals surface area contributed by atoms with Crippen LogP contribution in [0.2, 0.25) is 0 Å². The predicted octanol–water partition coefficient (Wildman–Crippen LogP) is 2.33. The lowest BCUT2D eigenvalue weighted by molar-refractivity contribution is 0.0501. The van der Waals surface area contributed by atoms with Gasteiger partial charge in [-0.05, 0) is 25.0 Å². The van der Waals surface area contributed by atoms with E-state index >= 15 is 0 Å². The summed E-state index contributed by atoms with van der Waals surface area (Å²) in [5.74, 6) is 0.807. The highest BCUT2D eigenvalue weighted by Gasteiger charge is 2.28. The maximum Gasteiger partial charge on any atom is 0.289 e. The molecule has 1 aliphatic rings. The van der Waals surface area contributed by atoms with Gasteiger partial charge < -0.3 is 19.0 Å². The van der Waals surface area contributed by atoms with Crippen molar-refractivity contribution < 1.29 is 13.9 Å². The molecule has 29 heavy (non-hydrogen) atoms. The highest BCUT2D eigenvalue weighted by molar-refractivity contribution is 5.93. The Morgan fingerprint density at radius 1 is 1.24 bits per heavy atom. The van der Waals surface area contributed by atoms with E-state index in [0.29, 0.717) is 35.8 Å². The van der Waals surface area contributed by atoms with E-state index < -0.39 is 0 Å². The van der Waals surface area contributed by atoms with Crippen molar-refractivity contribution >= 4 is 22.7 Å². The zero-order valence-electron chi connectivity index (χ0n) is 16.4. The Kier molecular flexibility index (Phi) is 5.16. The molecule has 0 spiro atoms. The summed E-state index contributed by atoms with van der Waals surface area (Å²) < 4.78 is 11.8. The van der Waals surface area contributed by atoms with Gasteiger partial charge in [0.25, 0.3) is 11.8 Å². The minimum absolute atomic E-state index is 0.0443. The molecule has 1 fully saturated rings. The van der Waals surface area contributed by atoms with Gasteiger partial charge in [0.1, 0.15) is 11.7 Å². The van der Waals surface area contributed by atoms with Crippen molar-refractivity contribution in [3.63, 3.8) is 0 Å². The maximum atomic E-state index is 13.0. The van der Waals surface area contributed by atoms with Crippen LogP contribution in [0.5, 0.6) is 5.88 Å². The number of anilines is 1. The van der Waals surface area contributed by atoms with Crippen LogP contribution in [0, 0.1) is 0 Å². The Balaban J connectivity index is 1.53. The van der Waals surface area contributed by atoms with Gasteiger partial charge in [-0.15, -0.1) is 0 Å². The molecule has 3 heterocycles. The van der Waals surface area contributed by atoms with Gasteiger partial charge in [-0.2, -0.15) is 0 Å². The molecule has 150 valence electrons. The fourth-order valence-electron chi connectivity index (χ4n) is 3.45. The average Bonchev–Trinajstić information content (AvgIpc) is 2.73. The van der Waals surface area contributed by atoms with Gasteiger partial charge in [0.05, 0.1) is 11.9 Å². The average molecular weight is 394 g/mol. The van der Waals surface area contributed by atoms with Crippen molar-refractivity contribution in [1.82, 2.24) is 14.9 Å². The SMILES string of the molecule is CN(C)c1nccnc1O[C@@H]1CCCN(C(=O)c2cc(=O)c3ccccc3o2)C1. The molecule has 0 saturated carbocycles. The number of likely N-dealkylation sites (tertiary alicyclic amines) is 1. The minimum atomic E-state index is -0.312. The van der Waals surface area contributed by atoms with E-state index in [1.807, 2.05) is 19.0 Å². The number of benzene rings is 1. The molecule has 0 radical (unpaired) electrons. The highest BCUT2D eigenvalue weighted by atomic mass is 16.5. The molecule has 0 unspecified atom stereocenters. The third-order valence-corrected chi connectivity index (χ3v) is 4.86.